The van der Waals surface area contributed by atoms with Gasteiger partial charge in [-0.3, -0.25) is 9.59 Å². The van der Waals surface area contributed by atoms with E-state index in [-0.39, 0.29) is 11.7 Å². The van der Waals surface area contributed by atoms with E-state index in [1.54, 1.807) is 48.5 Å². The van der Waals surface area contributed by atoms with Crippen LogP contribution in [-0.2, 0) is 0 Å². The Kier molecular flexibility index (Phi) is 5.30. The van der Waals surface area contributed by atoms with E-state index >= 15 is 0 Å². The first-order valence-electron chi connectivity index (χ1n) is 9.38. The smallest absolute Gasteiger partial charge is 0.255 e. The first kappa shape index (κ1) is 18.4. The molecule has 0 saturated heterocycles. The molecule has 3 heteroatoms. The van der Waals surface area contributed by atoms with Gasteiger partial charge in [-0.25, -0.2) is 0 Å². The van der Waals surface area contributed by atoms with E-state index in [2.05, 4.69) is 5.32 Å². The molecule has 0 aliphatic heterocycles. The van der Waals surface area contributed by atoms with E-state index < -0.39 is 0 Å². The van der Waals surface area contributed by atoms with Gasteiger partial charge < -0.3 is 5.32 Å². The van der Waals surface area contributed by atoms with E-state index in [9.17, 15) is 9.59 Å². The first-order chi connectivity index (χ1) is 14.2. The van der Waals surface area contributed by atoms with Crippen molar-refractivity contribution in [1.82, 2.24) is 0 Å². The summed E-state index contributed by atoms with van der Waals surface area (Å²) in [5.41, 5.74) is 4.22. The van der Waals surface area contributed by atoms with E-state index in [1.165, 1.54) is 0 Å². The van der Waals surface area contributed by atoms with Crippen molar-refractivity contribution >= 4 is 17.4 Å². The molecule has 4 aromatic carbocycles. The molecule has 0 heterocycles. The molecule has 3 nitrogen and oxygen atoms in total. The lowest BCUT2D eigenvalue weighted by molar-refractivity contribution is 0.102. The molecule has 140 valence electrons. The van der Waals surface area contributed by atoms with E-state index in [0.29, 0.717) is 22.4 Å². The quantitative estimate of drug-likeness (QED) is 0.444. The largest absolute Gasteiger partial charge is 0.321 e. The fraction of sp³-hybridized carbons (Fsp3) is 0. The summed E-state index contributed by atoms with van der Waals surface area (Å²) in [5, 5.41) is 2.88. The van der Waals surface area contributed by atoms with Gasteiger partial charge in [-0.05, 0) is 35.4 Å². The van der Waals surface area contributed by atoms with Crippen molar-refractivity contribution in [2.45, 2.75) is 0 Å². The number of anilines is 1. The van der Waals surface area contributed by atoms with Crippen LogP contribution in [0.2, 0.25) is 0 Å². The van der Waals surface area contributed by atoms with E-state index in [0.717, 1.165) is 11.1 Å². The van der Waals surface area contributed by atoms with Crippen molar-refractivity contribution in [3.8, 4) is 11.1 Å². The Hall–Kier alpha value is -3.98. The molecule has 0 saturated carbocycles. The lowest BCUT2D eigenvalue weighted by Crippen LogP contribution is -2.15. The van der Waals surface area contributed by atoms with E-state index in [1.807, 2.05) is 60.7 Å². The van der Waals surface area contributed by atoms with Gasteiger partial charge in [0.2, 0.25) is 0 Å². The normalized spacial score (nSPS) is 10.3. The number of ketones is 1. The van der Waals surface area contributed by atoms with Crippen molar-refractivity contribution in [1.29, 1.82) is 0 Å². The zero-order valence-corrected chi connectivity index (χ0v) is 15.7. The third-order valence-corrected chi connectivity index (χ3v) is 4.71. The molecule has 0 fully saturated rings. The fourth-order valence-corrected chi connectivity index (χ4v) is 3.17. The molecule has 1 N–H and O–H groups in total. The summed E-state index contributed by atoms with van der Waals surface area (Å²) in [6.45, 7) is 0. The van der Waals surface area contributed by atoms with Gasteiger partial charge in [-0.15, -0.1) is 0 Å². The van der Waals surface area contributed by atoms with Crippen LogP contribution >= 0.6 is 0 Å². The van der Waals surface area contributed by atoms with Gasteiger partial charge in [0.15, 0.2) is 5.78 Å². The molecule has 0 spiro atoms. The van der Waals surface area contributed by atoms with Crippen LogP contribution in [-0.4, -0.2) is 11.7 Å². The number of nitrogens with one attached hydrogen (secondary N) is 1. The molecule has 0 bridgehead atoms. The molecule has 0 aromatic heterocycles. The number of hydrogen-bond acceptors (Lipinski definition) is 2. The first-order valence-corrected chi connectivity index (χ1v) is 9.38. The van der Waals surface area contributed by atoms with Crippen molar-refractivity contribution in [2.24, 2.45) is 0 Å². The Bertz CT molecular complexity index is 1130. The van der Waals surface area contributed by atoms with Crippen molar-refractivity contribution < 1.29 is 9.59 Å². The zero-order valence-electron chi connectivity index (χ0n) is 15.7. The third kappa shape index (κ3) is 4.14. The van der Waals surface area contributed by atoms with Gasteiger partial charge in [0.1, 0.15) is 0 Å². The number of para-hydroxylation sites is 1. The minimum Gasteiger partial charge on any atom is -0.321 e. The molecule has 29 heavy (non-hydrogen) atoms. The molecular weight excluding hydrogens is 358 g/mol. The highest BCUT2D eigenvalue weighted by Gasteiger charge is 2.15. The summed E-state index contributed by atoms with van der Waals surface area (Å²) in [4.78, 5) is 25.6. The summed E-state index contributed by atoms with van der Waals surface area (Å²) in [6, 6.07) is 33.5. The van der Waals surface area contributed by atoms with Crippen LogP contribution in [0.3, 0.4) is 0 Å². The van der Waals surface area contributed by atoms with Gasteiger partial charge in [-0.2, -0.15) is 0 Å². The lowest BCUT2D eigenvalue weighted by atomic mass is 10.0. The second-order valence-corrected chi connectivity index (χ2v) is 6.64. The van der Waals surface area contributed by atoms with Crippen LogP contribution in [0.15, 0.2) is 109 Å². The molecule has 0 aliphatic carbocycles. The van der Waals surface area contributed by atoms with Gasteiger partial charge >= 0.3 is 0 Å². The molecule has 0 unspecified atom stereocenters. The fourth-order valence-electron chi connectivity index (χ4n) is 3.17. The maximum atomic E-state index is 12.8. The van der Waals surface area contributed by atoms with Crippen LogP contribution in [0.5, 0.6) is 0 Å². The predicted octanol–water partition coefficient (Wildman–Crippen LogP) is 5.84. The highest BCUT2D eigenvalue weighted by Crippen LogP contribution is 2.22. The Morgan fingerprint density at radius 1 is 0.517 bits per heavy atom. The summed E-state index contributed by atoms with van der Waals surface area (Å²) in [6.07, 6.45) is 0. The number of carbonyl (C=O) groups is 2. The average molecular weight is 377 g/mol. The van der Waals surface area contributed by atoms with Gasteiger partial charge in [-0.1, -0.05) is 84.9 Å². The Balaban J connectivity index is 1.56. The Labute approximate surface area is 169 Å². The van der Waals surface area contributed by atoms with E-state index in [4.69, 9.17) is 0 Å². The Morgan fingerprint density at radius 2 is 1.07 bits per heavy atom. The molecule has 1 amide bonds. The van der Waals surface area contributed by atoms with Crippen LogP contribution in [0, 0.1) is 0 Å². The summed E-state index contributed by atoms with van der Waals surface area (Å²) in [7, 11) is 0. The monoisotopic (exact) mass is 377 g/mol. The highest BCUT2D eigenvalue weighted by atomic mass is 16.1. The van der Waals surface area contributed by atoms with Crippen LogP contribution in [0.4, 0.5) is 5.69 Å². The van der Waals surface area contributed by atoms with Crippen molar-refractivity contribution in [3.05, 3.63) is 126 Å². The van der Waals surface area contributed by atoms with Gasteiger partial charge in [0.25, 0.3) is 5.91 Å². The second kappa shape index (κ2) is 8.36. The summed E-state index contributed by atoms with van der Waals surface area (Å²) in [5.74, 6) is -0.376. The van der Waals surface area contributed by atoms with Crippen LogP contribution < -0.4 is 5.32 Å². The number of carbonyl (C=O) groups excluding carboxylic acids is 2. The molecule has 0 aliphatic rings. The van der Waals surface area contributed by atoms with Crippen molar-refractivity contribution in [3.63, 3.8) is 0 Å². The predicted molar refractivity (Wildman–Crippen MR) is 116 cm³/mol. The maximum absolute atomic E-state index is 12.8. The number of hydrogen-bond donors (Lipinski definition) is 1. The zero-order chi connectivity index (χ0) is 20.1. The lowest BCUT2D eigenvalue weighted by Gasteiger charge is -2.11. The third-order valence-electron chi connectivity index (χ3n) is 4.71. The topological polar surface area (TPSA) is 46.2 Å². The van der Waals surface area contributed by atoms with Gasteiger partial charge in [0, 0.05) is 16.7 Å². The second-order valence-electron chi connectivity index (χ2n) is 6.64. The standard InChI is InChI=1S/C26H19NO2/c28-25(21-11-5-2-6-12-21)23-13-7-8-14-24(23)27-26(29)22-17-15-20(16-18-22)19-9-3-1-4-10-19/h1-18H,(H,27,29). The highest BCUT2D eigenvalue weighted by molar-refractivity contribution is 6.15. The minimum atomic E-state index is -0.252. The summed E-state index contributed by atoms with van der Waals surface area (Å²) >= 11 is 0. The van der Waals surface area contributed by atoms with Crippen LogP contribution in [0.25, 0.3) is 11.1 Å². The number of benzene rings is 4. The maximum Gasteiger partial charge on any atom is 0.255 e. The minimum absolute atomic E-state index is 0.124. The summed E-state index contributed by atoms with van der Waals surface area (Å²) < 4.78 is 0. The van der Waals surface area contributed by atoms with Crippen LogP contribution in [0.1, 0.15) is 26.3 Å². The van der Waals surface area contributed by atoms with Crippen molar-refractivity contribution in [2.75, 3.05) is 5.32 Å². The molecule has 0 atom stereocenters. The average Bonchev–Trinajstić information content (AvgIpc) is 2.80. The molecule has 4 rings (SSSR count). The molecular formula is C26H19NO2. The molecule has 4 aromatic rings. The number of amides is 1. The number of rotatable bonds is 5. The Morgan fingerprint density at radius 3 is 1.76 bits per heavy atom. The van der Waals surface area contributed by atoms with Gasteiger partial charge in [0.05, 0.1) is 5.69 Å². The SMILES string of the molecule is O=C(Nc1ccccc1C(=O)c1ccccc1)c1ccc(-c2ccccc2)cc1. The molecule has 0 radical (unpaired) electrons.